The zero-order valence-electron chi connectivity index (χ0n) is 9.10. The van der Waals surface area contributed by atoms with Crippen molar-refractivity contribution in [2.75, 3.05) is 5.32 Å². The zero-order chi connectivity index (χ0) is 11.2. The topological polar surface area (TPSA) is 12.0 Å². The van der Waals surface area contributed by atoms with Gasteiger partial charge in [-0.3, -0.25) is 0 Å². The Morgan fingerprint density at radius 1 is 1.31 bits per heavy atom. The molecule has 0 saturated heterocycles. The van der Waals surface area contributed by atoms with E-state index in [9.17, 15) is 4.39 Å². The summed E-state index contributed by atoms with van der Waals surface area (Å²) in [5.74, 6) is 0.559. The molecule has 2 aliphatic carbocycles. The van der Waals surface area contributed by atoms with Crippen molar-refractivity contribution in [3.8, 4) is 0 Å². The highest BCUT2D eigenvalue weighted by Gasteiger charge is 2.44. The molecule has 0 unspecified atom stereocenters. The number of hydrogen-bond acceptors (Lipinski definition) is 1. The molecule has 3 heteroatoms. The van der Waals surface area contributed by atoms with Crippen LogP contribution >= 0.6 is 11.6 Å². The SMILES string of the molecule is Fc1ccc(NC23CCC(CC2)C3)cc1Cl. The molecular formula is C13H15ClFN. The van der Waals surface area contributed by atoms with Crippen molar-refractivity contribution in [2.45, 2.75) is 37.6 Å². The molecule has 2 bridgehead atoms. The first-order chi connectivity index (χ1) is 7.67. The van der Waals surface area contributed by atoms with Crippen LogP contribution in [0.2, 0.25) is 5.02 Å². The molecule has 3 rings (SSSR count). The van der Waals surface area contributed by atoms with E-state index in [0.717, 1.165) is 11.6 Å². The molecule has 0 aliphatic heterocycles. The van der Waals surface area contributed by atoms with Crippen molar-refractivity contribution < 1.29 is 4.39 Å². The maximum atomic E-state index is 13.0. The van der Waals surface area contributed by atoms with Crippen molar-refractivity contribution in [3.05, 3.63) is 29.0 Å². The third-order valence-corrected chi connectivity index (χ3v) is 4.36. The van der Waals surface area contributed by atoms with Crippen molar-refractivity contribution in [3.63, 3.8) is 0 Å². The Bertz CT molecular complexity index is 410. The molecule has 1 nitrogen and oxygen atoms in total. The summed E-state index contributed by atoms with van der Waals surface area (Å²) in [6.07, 6.45) is 6.42. The molecule has 16 heavy (non-hydrogen) atoms. The van der Waals surface area contributed by atoms with E-state index in [4.69, 9.17) is 11.6 Å². The van der Waals surface area contributed by atoms with Crippen LogP contribution in [0.25, 0.3) is 0 Å². The molecule has 0 spiro atoms. The fraction of sp³-hybridized carbons (Fsp3) is 0.538. The normalized spacial score (nSPS) is 32.0. The smallest absolute Gasteiger partial charge is 0.141 e. The van der Waals surface area contributed by atoms with Gasteiger partial charge >= 0.3 is 0 Å². The fourth-order valence-electron chi connectivity index (χ4n) is 3.25. The summed E-state index contributed by atoms with van der Waals surface area (Å²) in [5, 5.41) is 3.77. The first kappa shape index (κ1) is 10.4. The van der Waals surface area contributed by atoms with Crippen LogP contribution in [-0.4, -0.2) is 5.54 Å². The van der Waals surface area contributed by atoms with Gasteiger partial charge in [0.25, 0.3) is 0 Å². The predicted octanol–water partition coefficient (Wildman–Crippen LogP) is 4.22. The Balaban J connectivity index is 1.81. The van der Waals surface area contributed by atoms with Crippen LogP contribution in [0.4, 0.5) is 10.1 Å². The first-order valence-corrected chi connectivity index (χ1v) is 6.28. The van der Waals surface area contributed by atoms with Crippen molar-refractivity contribution in [1.82, 2.24) is 0 Å². The van der Waals surface area contributed by atoms with E-state index in [2.05, 4.69) is 5.32 Å². The molecule has 2 fully saturated rings. The minimum absolute atomic E-state index is 0.203. The van der Waals surface area contributed by atoms with Crippen LogP contribution < -0.4 is 5.32 Å². The van der Waals surface area contributed by atoms with Crippen LogP contribution in [0.3, 0.4) is 0 Å². The van der Waals surface area contributed by atoms with E-state index in [0.29, 0.717) is 0 Å². The van der Waals surface area contributed by atoms with Gasteiger partial charge in [0.05, 0.1) is 5.02 Å². The van der Waals surface area contributed by atoms with Crippen molar-refractivity contribution >= 4 is 17.3 Å². The lowest BCUT2D eigenvalue weighted by Crippen LogP contribution is -2.32. The fourth-order valence-corrected chi connectivity index (χ4v) is 3.43. The highest BCUT2D eigenvalue weighted by molar-refractivity contribution is 6.31. The van der Waals surface area contributed by atoms with Crippen LogP contribution in [0, 0.1) is 11.7 Å². The van der Waals surface area contributed by atoms with Crippen LogP contribution in [-0.2, 0) is 0 Å². The van der Waals surface area contributed by atoms with Gasteiger partial charge in [0.2, 0.25) is 0 Å². The third-order valence-electron chi connectivity index (χ3n) is 4.07. The molecule has 2 aliphatic rings. The number of rotatable bonds is 2. The highest BCUT2D eigenvalue weighted by atomic mass is 35.5. The second-order valence-corrected chi connectivity index (χ2v) is 5.59. The van der Waals surface area contributed by atoms with Gasteiger partial charge in [0, 0.05) is 11.2 Å². The lowest BCUT2D eigenvalue weighted by molar-refractivity contribution is 0.447. The Kier molecular flexibility index (Phi) is 2.36. The average molecular weight is 240 g/mol. The van der Waals surface area contributed by atoms with E-state index in [1.807, 2.05) is 0 Å². The number of nitrogens with one attached hydrogen (secondary N) is 1. The van der Waals surface area contributed by atoms with Gasteiger partial charge in [0.15, 0.2) is 0 Å². The lowest BCUT2D eigenvalue weighted by atomic mass is 9.93. The van der Waals surface area contributed by atoms with Crippen LogP contribution in [0.5, 0.6) is 0 Å². The molecule has 0 aromatic heterocycles. The van der Waals surface area contributed by atoms with Gasteiger partial charge in [-0.25, -0.2) is 4.39 Å². The molecule has 0 amide bonds. The molecule has 0 heterocycles. The number of hydrogen-bond donors (Lipinski definition) is 1. The minimum atomic E-state index is -0.347. The summed E-state index contributed by atoms with van der Waals surface area (Å²) in [6.45, 7) is 0. The molecule has 1 aromatic carbocycles. The summed E-state index contributed by atoms with van der Waals surface area (Å²) in [7, 11) is 0. The summed E-state index contributed by atoms with van der Waals surface area (Å²) in [5.41, 5.74) is 1.22. The van der Waals surface area contributed by atoms with E-state index in [-0.39, 0.29) is 16.4 Å². The minimum Gasteiger partial charge on any atom is -0.380 e. The van der Waals surface area contributed by atoms with E-state index >= 15 is 0 Å². The Labute approximate surface area is 100.0 Å². The Morgan fingerprint density at radius 3 is 2.62 bits per heavy atom. The highest BCUT2D eigenvalue weighted by Crippen LogP contribution is 2.49. The van der Waals surface area contributed by atoms with Gasteiger partial charge in [-0.1, -0.05) is 11.6 Å². The van der Waals surface area contributed by atoms with Crippen LogP contribution in [0.15, 0.2) is 18.2 Å². The third kappa shape index (κ3) is 1.69. The molecule has 0 atom stereocenters. The summed E-state index contributed by atoms with van der Waals surface area (Å²) < 4.78 is 13.0. The molecule has 0 radical (unpaired) electrons. The van der Waals surface area contributed by atoms with E-state index < -0.39 is 0 Å². The average Bonchev–Trinajstić information content (AvgIpc) is 2.83. The zero-order valence-corrected chi connectivity index (χ0v) is 9.86. The summed E-state index contributed by atoms with van der Waals surface area (Å²) in [6, 6.07) is 4.90. The van der Waals surface area contributed by atoms with E-state index in [1.54, 1.807) is 12.1 Å². The quantitative estimate of drug-likeness (QED) is 0.815. The first-order valence-electron chi connectivity index (χ1n) is 5.90. The second kappa shape index (κ2) is 3.63. The van der Waals surface area contributed by atoms with Crippen LogP contribution in [0.1, 0.15) is 32.1 Å². The maximum Gasteiger partial charge on any atom is 0.141 e. The number of anilines is 1. The monoisotopic (exact) mass is 239 g/mol. The lowest BCUT2D eigenvalue weighted by Gasteiger charge is -2.29. The molecule has 1 N–H and O–H groups in total. The summed E-state index contributed by atoms with van der Waals surface area (Å²) in [4.78, 5) is 0. The molecule has 1 aromatic rings. The van der Waals surface area contributed by atoms with Gasteiger partial charge in [-0.15, -0.1) is 0 Å². The maximum absolute atomic E-state index is 13.0. The number of fused-ring (bicyclic) bond motifs is 2. The van der Waals surface area contributed by atoms with Gasteiger partial charge < -0.3 is 5.32 Å². The second-order valence-electron chi connectivity index (χ2n) is 5.18. The summed E-state index contributed by atoms with van der Waals surface area (Å²) >= 11 is 5.78. The standard InChI is InChI=1S/C13H15ClFN/c14-11-7-10(1-2-12(11)15)16-13-5-3-9(8-13)4-6-13/h1-2,7,9,16H,3-6,8H2. The molecule has 2 saturated carbocycles. The molecule has 86 valence electrons. The van der Waals surface area contributed by atoms with E-state index in [1.165, 1.54) is 38.2 Å². The molecular weight excluding hydrogens is 225 g/mol. The largest absolute Gasteiger partial charge is 0.380 e. The number of halogens is 2. The Hall–Kier alpha value is -0.760. The predicted molar refractivity (Wildman–Crippen MR) is 64.3 cm³/mol. The van der Waals surface area contributed by atoms with Crippen molar-refractivity contribution in [2.24, 2.45) is 5.92 Å². The number of benzene rings is 1. The van der Waals surface area contributed by atoms with Gasteiger partial charge in [0.1, 0.15) is 5.82 Å². The van der Waals surface area contributed by atoms with Gasteiger partial charge in [-0.05, 0) is 56.2 Å². The Morgan fingerprint density at radius 2 is 2.06 bits per heavy atom. The van der Waals surface area contributed by atoms with Crippen molar-refractivity contribution in [1.29, 1.82) is 0 Å². The van der Waals surface area contributed by atoms with Gasteiger partial charge in [-0.2, -0.15) is 0 Å².